The number of hydrogen-bond acceptors (Lipinski definition) is 5. The Kier molecular flexibility index (Phi) is 4.82. The van der Waals surface area contributed by atoms with Gasteiger partial charge in [0.25, 0.3) is 5.91 Å². The number of nitrogens with zero attached hydrogens (tertiary/aromatic N) is 1. The Balaban J connectivity index is 1.75. The van der Waals surface area contributed by atoms with Gasteiger partial charge in [-0.3, -0.25) is 14.5 Å². The molecule has 0 atom stereocenters. The van der Waals surface area contributed by atoms with Gasteiger partial charge in [0.1, 0.15) is 0 Å². The van der Waals surface area contributed by atoms with Crippen LogP contribution in [0, 0.1) is 0 Å². The second-order valence-electron chi connectivity index (χ2n) is 5.34. The molecule has 0 bridgehead atoms. The number of thiophene rings is 1. The van der Waals surface area contributed by atoms with Crippen molar-refractivity contribution in [3.05, 3.63) is 65.1 Å². The zero-order valence-corrected chi connectivity index (χ0v) is 14.9. The van der Waals surface area contributed by atoms with Crippen molar-refractivity contribution >= 4 is 38.6 Å². The van der Waals surface area contributed by atoms with Gasteiger partial charge in [-0.15, -0.1) is 11.3 Å². The quantitative estimate of drug-likeness (QED) is 0.717. The van der Waals surface area contributed by atoms with Crippen molar-refractivity contribution < 1.29 is 13.2 Å². The molecule has 0 radical (unpaired) electrons. The SMILES string of the molecule is CS(=O)(=O)Nc1cccc(NC(=O)c2cc(-c3ccncc3)cs2)c1. The Bertz CT molecular complexity index is 999. The fraction of sp³-hybridized carbons (Fsp3) is 0.0588. The first kappa shape index (κ1) is 17.1. The lowest BCUT2D eigenvalue weighted by Crippen LogP contribution is -2.12. The van der Waals surface area contributed by atoms with Crippen LogP contribution in [0.3, 0.4) is 0 Å². The third kappa shape index (κ3) is 4.65. The monoisotopic (exact) mass is 373 g/mol. The molecular formula is C17H15N3O3S2. The lowest BCUT2D eigenvalue weighted by Gasteiger charge is -2.07. The summed E-state index contributed by atoms with van der Waals surface area (Å²) in [6.07, 6.45) is 4.48. The Morgan fingerprint density at radius 3 is 2.48 bits per heavy atom. The van der Waals surface area contributed by atoms with Crippen molar-refractivity contribution in [3.8, 4) is 11.1 Å². The zero-order valence-electron chi connectivity index (χ0n) is 13.3. The summed E-state index contributed by atoms with van der Waals surface area (Å²) >= 11 is 1.34. The molecule has 0 fully saturated rings. The van der Waals surface area contributed by atoms with Gasteiger partial charge >= 0.3 is 0 Å². The molecule has 0 saturated heterocycles. The van der Waals surface area contributed by atoms with Crippen molar-refractivity contribution in [1.29, 1.82) is 0 Å². The largest absolute Gasteiger partial charge is 0.321 e. The van der Waals surface area contributed by atoms with Crippen LogP contribution in [0.25, 0.3) is 11.1 Å². The lowest BCUT2D eigenvalue weighted by molar-refractivity contribution is 0.103. The lowest BCUT2D eigenvalue weighted by atomic mass is 10.1. The van der Waals surface area contributed by atoms with Gasteiger partial charge in [0.2, 0.25) is 10.0 Å². The van der Waals surface area contributed by atoms with Crippen LogP contribution in [0.2, 0.25) is 0 Å². The minimum absolute atomic E-state index is 0.248. The van der Waals surface area contributed by atoms with Gasteiger partial charge in [0.15, 0.2) is 0 Å². The molecular weight excluding hydrogens is 358 g/mol. The van der Waals surface area contributed by atoms with Crippen molar-refractivity contribution in [2.45, 2.75) is 0 Å². The Morgan fingerprint density at radius 2 is 1.76 bits per heavy atom. The molecule has 0 saturated carbocycles. The van der Waals surface area contributed by atoms with Crippen molar-refractivity contribution in [2.24, 2.45) is 0 Å². The van der Waals surface area contributed by atoms with E-state index in [2.05, 4.69) is 15.0 Å². The van der Waals surface area contributed by atoms with E-state index >= 15 is 0 Å². The molecule has 3 aromatic rings. The second-order valence-corrected chi connectivity index (χ2v) is 8.00. The van der Waals surface area contributed by atoms with Crippen LogP contribution in [-0.2, 0) is 10.0 Å². The third-order valence-electron chi connectivity index (χ3n) is 3.26. The van der Waals surface area contributed by atoms with Gasteiger partial charge in [-0.1, -0.05) is 6.07 Å². The van der Waals surface area contributed by atoms with Crippen LogP contribution in [0.15, 0.2) is 60.2 Å². The van der Waals surface area contributed by atoms with E-state index in [1.807, 2.05) is 23.6 Å². The highest BCUT2D eigenvalue weighted by Crippen LogP contribution is 2.26. The summed E-state index contributed by atoms with van der Waals surface area (Å²) in [5.74, 6) is -0.248. The van der Waals surface area contributed by atoms with Crippen molar-refractivity contribution in [2.75, 3.05) is 16.3 Å². The maximum absolute atomic E-state index is 12.4. The Labute approximate surface area is 149 Å². The van der Waals surface area contributed by atoms with E-state index in [1.54, 1.807) is 36.7 Å². The topological polar surface area (TPSA) is 88.2 Å². The van der Waals surface area contributed by atoms with Gasteiger partial charge in [-0.25, -0.2) is 8.42 Å². The van der Waals surface area contributed by atoms with Crippen LogP contribution in [0.4, 0.5) is 11.4 Å². The van der Waals surface area contributed by atoms with Crippen LogP contribution >= 0.6 is 11.3 Å². The first-order valence-corrected chi connectivity index (χ1v) is 10.1. The van der Waals surface area contributed by atoms with E-state index in [1.165, 1.54) is 11.3 Å². The predicted molar refractivity (Wildman–Crippen MR) is 100 cm³/mol. The molecule has 3 rings (SSSR count). The number of aromatic nitrogens is 1. The van der Waals surface area contributed by atoms with Crippen LogP contribution in [0.5, 0.6) is 0 Å². The maximum atomic E-state index is 12.4. The number of benzene rings is 1. The van der Waals surface area contributed by atoms with Crippen molar-refractivity contribution in [1.82, 2.24) is 4.98 Å². The summed E-state index contributed by atoms with van der Waals surface area (Å²) in [5.41, 5.74) is 2.84. The number of anilines is 2. The summed E-state index contributed by atoms with van der Waals surface area (Å²) < 4.78 is 25.0. The number of pyridine rings is 1. The van der Waals surface area contributed by atoms with E-state index in [-0.39, 0.29) is 5.91 Å². The molecule has 0 aliphatic rings. The number of carbonyl (C=O) groups is 1. The number of rotatable bonds is 5. The standard InChI is InChI=1S/C17H15N3O3S2/c1-25(22,23)20-15-4-2-3-14(10-15)19-17(21)16-9-13(11-24-16)12-5-7-18-8-6-12/h2-11,20H,1H3,(H,19,21). The summed E-state index contributed by atoms with van der Waals surface area (Å²) in [6.45, 7) is 0. The van der Waals surface area contributed by atoms with E-state index in [9.17, 15) is 13.2 Å². The van der Waals surface area contributed by atoms with E-state index < -0.39 is 10.0 Å². The van der Waals surface area contributed by atoms with E-state index in [0.29, 0.717) is 16.3 Å². The highest BCUT2D eigenvalue weighted by atomic mass is 32.2. The number of sulfonamides is 1. The molecule has 128 valence electrons. The normalized spacial score (nSPS) is 11.1. The molecule has 0 aliphatic heterocycles. The third-order valence-corrected chi connectivity index (χ3v) is 4.80. The van der Waals surface area contributed by atoms with Gasteiger partial charge in [-0.05, 0) is 52.9 Å². The van der Waals surface area contributed by atoms with Gasteiger partial charge in [0, 0.05) is 18.1 Å². The predicted octanol–water partition coefficient (Wildman–Crippen LogP) is 3.43. The minimum Gasteiger partial charge on any atom is -0.321 e. The Morgan fingerprint density at radius 1 is 1.04 bits per heavy atom. The zero-order chi connectivity index (χ0) is 17.9. The first-order chi connectivity index (χ1) is 11.9. The first-order valence-electron chi connectivity index (χ1n) is 7.29. The smallest absolute Gasteiger partial charge is 0.265 e. The molecule has 1 amide bonds. The summed E-state index contributed by atoms with van der Waals surface area (Å²) in [6, 6.07) is 12.1. The molecule has 25 heavy (non-hydrogen) atoms. The van der Waals surface area contributed by atoms with Crippen LogP contribution < -0.4 is 10.0 Å². The average Bonchev–Trinajstić information content (AvgIpc) is 3.04. The summed E-state index contributed by atoms with van der Waals surface area (Å²) in [7, 11) is -3.37. The Hall–Kier alpha value is -2.71. The summed E-state index contributed by atoms with van der Waals surface area (Å²) in [4.78, 5) is 16.9. The maximum Gasteiger partial charge on any atom is 0.265 e. The summed E-state index contributed by atoms with van der Waals surface area (Å²) in [5, 5.41) is 4.68. The molecule has 2 N–H and O–H groups in total. The van der Waals surface area contributed by atoms with Gasteiger partial charge < -0.3 is 5.32 Å². The molecule has 0 spiro atoms. The highest BCUT2D eigenvalue weighted by Gasteiger charge is 2.11. The van der Waals surface area contributed by atoms with E-state index in [4.69, 9.17) is 0 Å². The fourth-order valence-electron chi connectivity index (χ4n) is 2.22. The van der Waals surface area contributed by atoms with Crippen LogP contribution in [-0.4, -0.2) is 25.6 Å². The molecule has 1 aromatic carbocycles. The van der Waals surface area contributed by atoms with Gasteiger partial charge in [0.05, 0.1) is 16.8 Å². The molecule has 0 unspecified atom stereocenters. The van der Waals surface area contributed by atoms with E-state index in [0.717, 1.165) is 17.4 Å². The number of hydrogen-bond donors (Lipinski definition) is 2. The fourth-order valence-corrected chi connectivity index (χ4v) is 3.58. The second kappa shape index (κ2) is 7.04. The molecule has 0 aliphatic carbocycles. The molecule has 2 heterocycles. The number of nitrogens with one attached hydrogen (secondary N) is 2. The highest BCUT2D eigenvalue weighted by molar-refractivity contribution is 7.92. The minimum atomic E-state index is -3.37. The molecule has 2 aromatic heterocycles. The number of carbonyl (C=O) groups excluding carboxylic acids is 1. The molecule has 8 heteroatoms. The van der Waals surface area contributed by atoms with Crippen molar-refractivity contribution in [3.63, 3.8) is 0 Å². The number of amides is 1. The molecule has 6 nitrogen and oxygen atoms in total. The van der Waals surface area contributed by atoms with Gasteiger partial charge in [-0.2, -0.15) is 0 Å². The van der Waals surface area contributed by atoms with Crippen LogP contribution in [0.1, 0.15) is 9.67 Å². The average molecular weight is 373 g/mol.